The van der Waals surface area contributed by atoms with Crippen molar-refractivity contribution < 1.29 is 13.7 Å². The van der Waals surface area contributed by atoms with E-state index in [0.29, 0.717) is 11.3 Å². The van der Waals surface area contributed by atoms with E-state index in [-0.39, 0.29) is 30.4 Å². The maximum atomic E-state index is 11.6. The minimum atomic E-state index is -0.404. The van der Waals surface area contributed by atoms with Gasteiger partial charge in [-0.2, -0.15) is 4.98 Å². The van der Waals surface area contributed by atoms with Crippen molar-refractivity contribution in [2.75, 3.05) is 0 Å². The van der Waals surface area contributed by atoms with Crippen LogP contribution >= 0.6 is 0 Å². The first-order valence-electron chi connectivity index (χ1n) is 6.77. The summed E-state index contributed by atoms with van der Waals surface area (Å²) in [5, 5.41) is 8.90. The Labute approximate surface area is 129 Å². The van der Waals surface area contributed by atoms with E-state index in [9.17, 15) is 9.59 Å². The van der Waals surface area contributed by atoms with Gasteiger partial charge in [0.25, 0.3) is 5.56 Å². The number of hydrogen-bond donors (Lipinski definition) is 3. The second kappa shape index (κ2) is 6.60. The highest BCUT2D eigenvalue weighted by molar-refractivity contribution is 5.73. The minimum absolute atomic E-state index is 0.0434. The van der Waals surface area contributed by atoms with Crippen molar-refractivity contribution in [2.45, 2.75) is 13.1 Å². The molecule has 0 spiro atoms. The summed E-state index contributed by atoms with van der Waals surface area (Å²) in [7, 11) is 0. The number of urea groups is 1. The van der Waals surface area contributed by atoms with Crippen LogP contribution in [0.25, 0.3) is 11.4 Å². The van der Waals surface area contributed by atoms with Crippen molar-refractivity contribution in [1.82, 2.24) is 25.8 Å². The van der Waals surface area contributed by atoms with Gasteiger partial charge in [-0.15, -0.1) is 0 Å². The third-order valence-electron chi connectivity index (χ3n) is 2.93. The third-order valence-corrected chi connectivity index (χ3v) is 2.93. The Balaban J connectivity index is 1.54. The molecular weight excluding hydrogens is 302 g/mol. The molecule has 0 atom stereocenters. The van der Waals surface area contributed by atoms with Gasteiger partial charge in [0.1, 0.15) is 5.76 Å². The number of rotatable bonds is 5. The summed E-state index contributed by atoms with van der Waals surface area (Å²) in [5.74, 6) is 1.000. The number of furan rings is 1. The number of amides is 2. The molecule has 3 aromatic heterocycles. The maximum absolute atomic E-state index is 11.6. The van der Waals surface area contributed by atoms with Crippen LogP contribution in [0.15, 0.2) is 50.5 Å². The fourth-order valence-electron chi connectivity index (χ4n) is 1.83. The van der Waals surface area contributed by atoms with Crippen LogP contribution in [-0.2, 0) is 13.1 Å². The second-order valence-corrected chi connectivity index (χ2v) is 4.54. The Bertz CT molecular complexity index is 837. The highest BCUT2D eigenvalue weighted by atomic mass is 16.5. The van der Waals surface area contributed by atoms with Crippen LogP contribution in [0.2, 0.25) is 0 Å². The van der Waals surface area contributed by atoms with Gasteiger partial charge in [0.2, 0.25) is 11.7 Å². The lowest BCUT2D eigenvalue weighted by Crippen LogP contribution is -2.34. The molecule has 0 aromatic carbocycles. The number of aromatic nitrogens is 3. The lowest BCUT2D eigenvalue weighted by molar-refractivity contribution is 0.237. The van der Waals surface area contributed by atoms with E-state index in [1.54, 1.807) is 24.3 Å². The fourth-order valence-corrected chi connectivity index (χ4v) is 1.83. The van der Waals surface area contributed by atoms with Gasteiger partial charge in [0.15, 0.2) is 0 Å². The topological polar surface area (TPSA) is 126 Å². The molecule has 0 fully saturated rings. The van der Waals surface area contributed by atoms with Crippen LogP contribution < -0.4 is 16.2 Å². The van der Waals surface area contributed by atoms with Crippen LogP contribution in [0.4, 0.5) is 4.79 Å². The van der Waals surface area contributed by atoms with Crippen LogP contribution in [0.1, 0.15) is 11.7 Å². The van der Waals surface area contributed by atoms with Crippen molar-refractivity contribution in [3.8, 4) is 11.4 Å². The normalized spacial score (nSPS) is 10.4. The average Bonchev–Trinajstić information content (AvgIpc) is 3.23. The molecule has 3 aromatic rings. The molecule has 0 saturated carbocycles. The molecule has 0 aliphatic rings. The highest BCUT2D eigenvalue weighted by Gasteiger charge is 2.12. The standard InChI is InChI=1S/C14H13N5O4/c20-13-10(4-1-5-15-13)12-18-11(23-19-12)8-17-14(21)16-7-9-3-2-6-22-9/h1-6H,7-8H2,(H,15,20)(H2,16,17,21). The molecule has 2 amide bonds. The Morgan fingerprint density at radius 1 is 1.22 bits per heavy atom. The molecule has 0 bridgehead atoms. The van der Waals surface area contributed by atoms with Crippen LogP contribution in [0.3, 0.4) is 0 Å². The molecular formula is C14H13N5O4. The molecule has 0 saturated heterocycles. The van der Waals surface area contributed by atoms with Gasteiger partial charge in [0, 0.05) is 6.20 Å². The van der Waals surface area contributed by atoms with Crippen LogP contribution in [0, 0.1) is 0 Å². The van der Waals surface area contributed by atoms with Gasteiger partial charge in [-0.1, -0.05) is 5.16 Å². The summed E-state index contributed by atoms with van der Waals surface area (Å²) in [6.07, 6.45) is 3.04. The molecule has 0 aliphatic heterocycles. The first-order valence-corrected chi connectivity index (χ1v) is 6.77. The minimum Gasteiger partial charge on any atom is -0.467 e. The largest absolute Gasteiger partial charge is 0.467 e. The van der Waals surface area contributed by atoms with Crippen LogP contribution in [0.5, 0.6) is 0 Å². The molecule has 0 unspecified atom stereocenters. The van der Waals surface area contributed by atoms with Crippen molar-refractivity contribution in [3.63, 3.8) is 0 Å². The number of aromatic amines is 1. The van der Waals surface area contributed by atoms with E-state index in [4.69, 9.17) is 8.94 Å². The van der Waals surface area contributed by atoms with E-state index in [2.05, 4.69) is 25.8 Å². The molecule has 9 heteroatoms. The van der Waals surface area contributed by atoms with Crippen molar-refractivity contribution in [1.29, 1.82) is 0 Å². The predicted molar refractivity (Wildman–Crippen MR) is 78.1 cm³/mol. The number of carbonyl (C=O) groups is 1. The molecule has 0 radical (unpaired) electrons. The summed E-state index contributed by atoms with van der Waals surface area (Å²) in [5.41, 5.74) is -0.0197. The number of H-pyrrole nitrogens is 1. The summed E-state index contributed by atoms with van der Waals surface area (Å²) >= 11 is 0. The number of nitrogens with one attached hydrogen (secondary N) is 3. The Hall–Kier alpha value is -3.36. The maximum Gasteiger partial charge on any atom is 0.315 e. The zero-order valence-electron chi connectivity index (χ0n) is 11.9. The first-order chi connectivity index (χ1) is 11.2. The fraction of sp³-hybridized carbons (Fsp3) is 0.143. The molecule has 118 valence electrons. The first kappa shape index (κ1) is 14.6. The SMILES string of the molecule is O=C(NCc1ccco1)NCc1nc(-c2ccc[nH]c2=O)no1. The monoisotopic (exact) mass is 315 g/mol. The van der Waals surface area contributed by atoms with E-state index >= 15 is 0 Å². The summed E-state index contributed by atoms with van der Waals surface area (Å²) in [6, 6.07) is 6.32. The van der Waals surface area contributed by atoms with Gasteiger partial charge >= 0.3 is 6.03 Å². The second-order valence-electron chi connectivity index (χ2n) is 4.54. The Morgan fingerprint density at radius 3 is 2.87 bits per heavy atom. The van der Waals surface area contributed by atoms with E-state index in [0.717, 1.165) is 0 Å². The number of carbonyl (C=O) groups excluding carboxylic acids is 1. The quantitative estimate of drug-likeness (QED) is 0.645. The lowest BCUT2D eigenvalue weighted by atomic mass is 10.3. The molecule has 3 rings (SSSR count). The zero-order valence-corrected chi connectivity index (χ0v) is 11.9. The molecule has 3 heterocycles. The summed E-state index contributed by atoms with van der Waals surface area (Å²) in [4.78, 5) is 29.8. The smallest absolute Gasteiger partial charge is 0.315 e. The van der Waals surface area contributed by atoms with Gasteiger partial charge < -0.3 is 24.6 Å². The van der Waals surface area contributed by atoms with Crippen molar-refractivity contribution >= 4 is 6.03 Å². The third kappa shape index (κ3) is 3.64. The molecule has 0 aliphatic carbocycles. The van der Waals surface area contributed by atoms with E-state index in [1.807, 2.05) is 0 Å². The zero-order chi connectivity index (χ0) is 16.1. The van der Waals surface area contributed by atoms with Crippen molar-refractivity contribution in [2.24, 2.45) is 0 Å². The van der Waals surface area contributed by atoms with Gasteiger partial charge in [0.05, 0.1) is 24.9 Å². The van der Waals surface area contributed by atoms with Gasteiger partial charge in [-0.25, -0.2) is 4.79 Å². The Kier molecular flexibility index (Phi) is 4.18. The number of nitrogens with zero attached hydrogens (tertiary/aromatic N) is 2. The van der Waals surface area contributed by atoms with Gasteiger partial charge in [-0.3, -0.25) is 4.79 Å². The highest BCUT2D eigenvalue weighted by Crippen LogP contribution is 2.09. The van der Waals surface area contributed by atoms with Crippen LogP contribution in [-0.4, -0.2) is 21.2 Å². The predicted octanol–water partition coefficient (Wildman–Crippen LogP) is 1.02. The molecule has 23 heavy (non-hydrogen) atoms. The molecule has 9 nitrogen and oxygen atoms in total. The Morgan fingerprint density at radius 2 is 2.09 bits per heavy atom. The molecule has 3 N–H and O–H groups in total. The van der Waals surface area contributed by atoms with E-state index in [1.165, 1.54) is 12.5 Å². The average molecular weight is 315 g/mol. The number of pyridine rings is 1. The van der Waals surface area contributed by atoms with Crippen molar-refractivity contribution in [3.05, 3.63) is 58.7 Å². The van der Waals surface area contributed by atoms with E-state index < -0.39 is 6.03 Å². The summed E-state index contributed by atoms with van der Waals surface area (Å²) in [6.45, 7) is 0.315. The summed E-state index contributed by atoms with van der Waals surface area (Å²) < 4.78 is 10.1. The lowest BCUT2D eigenvalue weighted by Gasteiger charge is -2.03. The van der Waals surface area contributed by atoms with Gasteiger partial charge in [-0.05, 0) is 24.3 Å². The number of hydrogen-bond acceptors (Lipinski definition) is 6.